The summed E-state index contributed by atoms with van der Waals surface area (Å²) in [5.74, 6) is -0.925. The van der Waals surface area contributed by atoms with Gasteiger partial charge < -0.3 is 14.6 Å². The Hall–Kier alpha value is -2.19. The van der Waals surface area contributed by atoms with Crippen molar-refractivity contribution >= 4 is 49.8 Å². The monoisotopic (exact) mass is 582 g/mol. The van der Waals surface area contributed by atoms with Gasteiger partial charge >= 0.3 is 17.9 Å². The molecule has 0 saturated heterocycles. The molecule has 0 heterocycles. The second kappa shape index (κ2) is 10.4. The second-order valence-corrected chi connectivity index (χ2v) is 13.0. The molecule has 0 aliphatic carbocycles. The van der Waals surface area contributed by atoms with Crippen LogP contribution in [0.2, 0.25) is 0 Å². The number of rotatable bonds is 9. The molecule has 0 atom stereocenters. The maximum absolute atomic E-state index is 12.1. The van der Waals surface area contributed by atoms with Crippen molar-refractivity contribution in [1.29, 1.82) is 0 Å². The third-order valence-corrected chi connectivity index (χ3v) is 5.86. The Kier molecular flexibility index (Phi) is 8.52. The number of carboxylic acid groups (broad SMARTS) is 1. The molecule has 1 N–H and O–H groups in total. The van der Waals surface area contributed by atoms with Gasteiger partial charge in [0.15, 0.2) is 0 Å². The van der Waals surface area contributed by atoms with Crippen molar-refractivity contribution in [3.8, 4) is 11.5 Å². The summed E-state index contributed by atoms with van der Waals surface area (Å²) >= 11 is 6.56. The van der Waals surface area contributed by atoms with E-state index in [0.717, 1.165) is 11.1 Å². The summed E-state index contributed by atoms with van der Waals surface area (Å²) < 4.78 is 9.18. The molecule has 33 heavy (non-hydrogen) atoms. The first-order valence-electron chi connectivity index (χ1n) is 10.4. The molecule has 0 aromatic heterocycles. The molecule has 0 bridgehead atoms. The molecule has 0 aliphatic heterocycles. The largest absolute Gasteiger partial charge is 0.481 e. The van der Waals surface area contributed by atoms with Gasteiger partial charge in [-0.05, 0) is 69.5 Å². The first-order valence-corrected chi connectivity index (χ1v) is 12.0. The Morgan fingerprint density at radius 2 is 1.06 bits per heavy atom. The molecule has 0 saturated carbocycles. The summed E-state index contributed by atoms with van der Waals surface area (Å²) in [7, 11) is 0. The Morgan fingerprint density at radius 1 is 0.727 bits per heavy atom. The van der Waals surface area contributed by atoms with Crippen molar-refractivity contribution in [2.24, 2.45) is 0 Å². The summed E-state index contributed by atoms with van der Waals surface area (Å²) in [6, 6.07) is 14.1. The van der Waals surface area contributed by atoms with Crippen LogP contribution in [0.4, 0.5) is 0 Å². The van der Waals surface area contributed by atoms with Gasteiger partial charge in [0, 0.05) is 11.8 Å². The average molecular weight is 584 g/mol. The molecule has 2 aromatic rings. The Labute approximate surface area is 210 Å². The SMILES string of the molecule is CC(C)(Br)C(=O)Oc1ccc(C(C)(CCC(=O)O)c2ccc(OC(=O)C(C)(C)Br)cc2)cc1. The number of hydrogen-bond donors (Lipinski definition) is 1. The first-order chi connectivity index (χ1) is 15.1. The van der Waals surface area contributed by atoms with Crippen LogP contribution in [0.1, 0.15) is 58.6 Å². The minimum absolute atomic E-state index is 0.0282. The van der Waals surface area contributed by atoms with Crippen LogP contribution >= 0.6 is 31.9 Å². The topological polar surface area (TPSA) is 89.9 Å². The van der Waals surface area contributed by atoms with E-state index in [4.69, 9.17) is 9.47 Å². The molecule has 0 aliphatic rings. The van der Waals surface area contributed by atoms with Crippen molar-refractivity contribution in [2.75, 3.05) is 0 Å². The number of halogens is 2. The predicted molar refractivity (Wildman–Crippen MR) is 133 cm³/mol. The van der Waals surface area contributed by atoms with Gasteiger partial charge in [0.1, 0.15) is 20.1 Å². The summed E-state index contributed by atoms with van der Waals surface area (Å²) in [5, 5.41) is 9.29. The zero-order valence-corrected chi connectivity index (χ0v) is 22.4. The van der Waals surface area contributed by atoms with E-state index in [1.165, 1.54) is 0 Å². The lowest BCUT2D eigenvalue weighted by atomic mass is 9.73. The maximum Gasteiger partial charge on any atom is 0.327 e. The third kappa shape index (κ3) is 7.40. The van der Waals surface area contributed by atoms with Crippen molar-refractivity contribution in [3.05, 3.63) is 59.7 Å². The third-order valence-electron chi connectivity index (χ3n) is 5.21. The van der Waals surface area contributed by atoms with Gasteiger partial charge in [-0.1, -0.05) is 63.0 Å². The van der Waals surface area contributed by atoms with E-state index < -0.39 is 32.0 Å². The molecule has 178 valence electrons. The number of aliphatic carboxylic acids is 1. The minimum Gasteiger partial charge on any atom is -0.481 e. The van der Waals surface area contributed by atoms with Gasteiger partial charge in [-0.2, -0.15) is 0 Å². The van der Waals surface area contributed by atoms with Crippen LogP contribution in [0.25, 0.3) is 0 Å². The number of alkyl halides is 2. The van der Waals surface area contributed by atoms with Gasteiger partial charge in [-0.25, -0.2) is 0 Å². The van der Waals surface area contributed by atoms with Crippen LogP contribution in [0.15, 0.2) is 48.5 Å². The average Bonchev–Trinajstić information content (AvgIpc) is 2.71. The molecule has 0 unspecified atom stereocenters. The van der Waals surface area contributed by atoms with Gasteiger partial charge in [0.25, 0.3) is 0 Å². The Bertz CT molecular complexity index is 928. The standard InChI is InChI=1S/C25H28Br2O6/c1-23(2,26)21(30)32-18-10-6-16(7-11-18)25(5,15-14-20(28)29)17-8-12-19(13-9-17)33-22(31)24(3,4)27/h6-13H,14-15H2,1-5H3,(H,28,29). The number of carbonyl (C=O) groups is 3. The van der Waals surface area contributed by atoms with E-state index in [1.54, 1.807) is 52.0 Å². The number of carbonyl (C=O) groups excluding carboxylic acids is 2. The summed E-state index contributed by atoms with van der Waals surface area (Å²) in [6.07, 6.45) is 0.322. The lowest BCUT2D eigenvalue weighted by molar-refractivity contribution is -0.138. The van der Waals surface area contributed by atoms with Crippen LogP contribution in [-0.2, 0) is 19.8 Å². The molecule has 2 rings (SSSR count). The fraction of sp³-hybridized carbons (Fsp3) is 0.400. The molecule has 0 fully saturated rings. The molecule has 0 spiro atoms. The Balaban J connectivity index is 2.33. The summed E-state index contributed by atoms with van der Waals surface area (Å²) in [6.45, 7) is 8.76. The van der Waals surface area contributed by atoms with Crippen molar-refractivity contribution in [2.45, 2.75) is 61.5 Å². The summed E-state index contributed by atoms with van der Waals surface area (Å²) in [4.78, 5) is 35.5. The van der Waals surface area contributed by atoms with Crippen LogP contribution in [0.3, 0.4) is 0 Å². The number of benzene rings is 2. The number of esters is 2. The van der Waals surface area contributed by atoms with Crippen molar-refractivity contribution in [3.63, 3.8) is 0 Å². The second-order valence-electron chi connectivity index (χ2n) is 9.00. The van der Waals surface area contributed by atoms with Crippen LogP contribution in [0.5, 0.6) is 11.5 Å². The molecule has 0 amide bonds. The predicted octanol–water partition coefficient (Wildman–Crippen LogP) is 6.02. The van der Waals surface area contributed by atoms with Gasteiger partial charge in [-0.3, -0.25) is 14.4 Å². The Morgan fingerprint density at radius 3 is 1.33 bits per heavy atom. The molecular formula is C25H28Br2O6. The highest BCUT2D eigenvalue weighted by Crippen LogP contribution is 2.38. The van der Waals surface area contributed by atoms with Crippen LogP contribution < -0.4 is 9.47 Å². The van der Waals surface area contributed by atoms with E-state index in [1.807, 2.05) is 31.2 Å². The van der Waals surface area contributed by atoms with E-state index in [0.29, 0.717) is 17.9 Å². The minimum atomic E-state index is -0.892. The molecular weight excluding hydrogens is 556 g/mol. The first kappa shape index (κ1) is 27.1. The van der Waals surface area contributed by atoms with Crippen LogP contribution in [0, 0.1) is 0 Å². The number of carboxylic acids is 1. The fourth-order valence-corrected chi connectivity index (χ4v) is 3.21. The van der Waals surface area contributed by atoms with Gasteiger partial charge in [0.2, 0.25) is 0 Å². The highest BCUT2D eigenvalue weighted by molar-refractivity contribution is 9.10. The molecule has 8 heteroatoms. The lowest BCUT2D eigenvalue weighted by Gasteiger charge is -2.31. The van der Waals surface area contributed by atoms with Gasteiger partial charge in [-0.15, -0.1) is 0 Å². The normalized spacial score (nSPS) is 12.2. The zero-order valence-electron chi connectivity index (χ0n) is 19.3. The van der Waals surface area contributed by atoms with E-state index in [2.05, 4.69) is 31.9 Å². The van der Waals surface area contributed by atoms with E-state index in [-0.39, 0.29) is 6.42 Å². The zero-order chi connectivity index (χ0) is 25.0. The molecule has 0 radical (unpaired) electrons. The van der Waals surface area contributed by atoms with Gasteiger partial charge in [0.05, 0.1) is 0 Å². The molecule has 2 aromatic carbocycles. The smallest absolute Gasteiger partial charge is 0.327 e. The highest BCUT2D eigenvalue weighted by Gasteiger charge is 2.31. The van der Waals surface area contributed by atoms with Crippen LogP contribution in [-0.4, -0.2) is 31.7 Å². The fourth-order valence-electron chi connectivity index (χ4n) is 3.05. The summed E-state index contributed by atoms with van der Waals surface area (Å²) in [5.41, 5.74) is 1.10. The number of hydrogen-bond acceptors (Lipinski definition) is 5. The molecule has 6 nitrogen and oxygen atoms in total. The van der Waals surface area contributed by atoms with E-state index >= 15 is 0 Å². The van der Waals surface area contributed by atoms with Crippen molar-refractivity contribution < 1.29 is 29.0 Å². The van der Waals surface area contributed by atoms with E-state index in [9.17, 15) is 19.5 Å². The lowest BCUT2D eigenvalue weighted by Crippen LogP contribution is -2.29. The van der Waals surface area contributed by atoms with Crippen molar-refractivity contribution in [1.82, 2.24) is 0 Å². The number of ether oxygens (including phenoxy) is 2. The highest BCUT2D eigenvalue weighted by atomic mass is 79.9. The maximum atomic E-state index is 12.1. The quantitative estimate of drug-likeness (QED) is 0.221.